The van der Waals surface area contributed by atoms with E-state index in [1.807, 2.05) is 19.2 Å². The molecule has 1 aromatic heterocycles. The average Bonchev–Trinajstić information content (AvgIpc) is 2.76. The van der Waals surface area contributed by atoms with Gasteiger partial charge in [-0.05, 0) is 5.92 Å². The van der Waals surface area contributed by atoms with Crippen LogP contribution in [0.25, 0.3) is 0 Å². The van der Waals surface area contributed by atoms with Gasteiger partial charge in [-0.3, -0.25) is 5.32 Å². The Morgan fingerprint density at radius 3 is 2.74 bits per heavy atom. The van der Waals surface area contributed by atoms with Gasteiger partial charge in [-0.15, -0.1) is 23.7 Å². The molecule has 6 nitrogen and oxygen atoms in total. The summed E-state index contributed by atoms with van der Waals surface area (Å²) < 4.78 is 0. The Morgan fingerprint density at radius 1 is 1.58 bits per heavy atom. The molecule has 7 heteroatoms. The quantitative estimate of drug-likeness (QED) is 0.718. The van der Waals surface area contributed by atoms with Gasteiger partial charge in [0.05, 0.1) is 5.69 Å². The first-order chi connectivity index (χ1) is 8.93. The molecule has 0 saturated heterocycles. The fourth-order valence-corrected chi connectivity index (χ4v) is 2.09. The lowest BCUT2D eigenvalue weighted by Crippen LogP contribution is -2.42. The predicted octanol–water partition coefficient (Wildman–Crippen LogP) is 1.86. The summed E-state index contributed by atoms with van der Waals surface area (Å²) in [6.07, 6.45) is 4.97. The van der Waals surface area contributed by atoms with E-state index in [9.17, 15) is 9.59 Å². The number of aliphatic carboxylic acids is 1. The number of nitrogens with zero attached hydrogens (tertiary/aromatic N) is 1. The minimum Gasteiger partial charge on any atom is -0.480 e. The summed E-state index contributed by atoms with van der Waals surface area (Å²) in [6, 6.07) is -1.73. The fourth-order valence-electron chi connectivity index (χ4n) is 1.22. The largest absolute Gasteiger partial charge is 0.480 e. The van der Waals surface area contributed by atoms with Gasteiger partial charge in [0, 0.05) is 11.8 Å². The number of anilines is 1. The van der Waals surface area contributed by atoms with Crippen LogP contribution in [0.15, 0.2) is 5.38 Å². The number of hydrogen-bond donors (Lipinski definition) is 3. The smallest absolute Gasteiger partial charge is 0.327 e. The Morgan fingerprint density at radius 2 is 2.26 bits per heavy atom. The molecule has 0 spiro atoms. The van der Waals surface area contributed by atoms with E-state index in [0.717, 1.165) is 5.69 Å². The lowest BCUT2D eigenvalue weighted by molar-refractivity contribution is -0.139. The number of terminal acetylenes is 1. The summed E-state index contributed by atoms with van der Waals surface area (Å²) in [4.78, 5) is 26.6. The Balaban J connectivity index is 2.59. The van der Waals surface area contributed by atoms with Crippen LogP contribution in [0.5, 0.6) is 0 Å². The van der Waals surface area contributed by atoms with Crippen LogP contribution in [0.4, 0.5) is 9.93 Å². The van der Waals surface area contributed by atoms with Crippen molar-refractivity contribution >= 4 is 28.5 Å². The van der Waals surface area contributed by atoms with Crippen molar-refractivity contribution in [2.45, 2.75) is 32.2 Å². The van der Waals surface area contributed by atoms with E-state index >= 15 is 0 Å². The fraction of sp³-hybridized carbons (Fsp3) is 0.417. The van der Waals surface area contributed by atoms with Gasteiger partial charge < -0.3 is 10.4 Å². The highest BCUT2D eigenvalue weighted by Crippen LogP contribution is 2.21. The van der Waals surface area contributed by atoms with E-state index in [1.54, 1.807) is 0 Å². The van der Waals surface area contributed by atoms with Gasteiger partial charge >= 0.3 is 12.0 Å². The molecule has 0 fully saturated rings. The second-order valence-corrected chi connectivity index (χ2v) is 4.99. The number of amides is 2. The van der Waals surface area contributed by atoms with Crippen molar-refractivity contribution in [1.29, 1.82) is 0 Å². The molecule has 102 valence electrons. The molecule has 0 bridgehead atoms. The number of thiazole rings is 1. The average molecular weight is 281 g/mol. The molecule has 0 aromatic carbocycles. The third-order valence-corrected chi connectivity index (χ3v) is 3.04. The summed E-state index contributed by atoms with van der Waals surface area (Å²) in [5, 5.41) is 15.9. The van der Waals surface area contributed by atoms with Crippen molar-refractivity contribution in [2.24, 2.45) is 0 Å². The van der Waals surface area contributed by atoms with Crippen LogP contribution in [-0.4, -0.2) is 28.1 Å². The molecular formula is C12H15N3O3S. The van der Waals surface area contributed by atoms with Crippen molar-refractivity contribution in [3.63, 3.8) is 0 Å². The summed E-state index contributed by atoms with van der Waals surface area (Å²) >= 11 is 1.28. The van der Waals surface area contributed by atoms with Crippen molar-refractivity contribution in [1.82, 2.24) is 10.3 Å². The molecule has 0 radical (unpaired) electrons. The van der Waals surface area contributed by atoms with Crippen LogP contribution in [0, 0.1) is 12.3 Å². The highest BCUT2D eigenvalue weighted by molar-refractivity contribution is 7.13. The normalized spacial score (nSPS) is 11.7. The Kier molecular flexibility index (Phi) is 5.33. The van der Waals surface area contributed by atoms with Crippen molar-refractivity contribution < 1.29 is 14.7 Å². The number of carbonyl (C=O) groups excluding carboxylic acids is 1. The van der Waals surface area contributed by atoms with E-state index in [-0.39, 0.29) is 12.3 Å². The van der Waals surface area contributed by atoms with E-state index < -0.39 is 18.0 Å². The maximum absolute atomic E-state index is 11.6. The molecule has 1 heterocycles. The zero-order valence-electron chi connectivity index (χ0n) is 10.6. The van der Waals surface area contributed by atoms with Crippen LogP contribution in [0.1, 0.15) is 31.9 Å². The molecule has 1 atom stereocenters. The highest BCUT2D eigenvalue weighted by atomic mass is 32.1. The minimum absolute atomic E-state index is 0.0716. The van der Waals surface area contributed by atoms with Crippen molar-refractivity contribution in [3.05, 3.63) is 11.1 Å². The lowest BCUT2D eigenvalue weighted by atomic mass is 10.2. The van der Waals surface area contributed by atoms with Gasteiger partial charge in [0.1, 0.15) is 6.04 Å². The third-order valence-electron chi connectivity index (χ3n) is 2.26. The van der Waals surface area contributed by atoms with Gasteiger partial charge in [0.25, 0.3) is 0 Å². The number of rotatable bonds is 5. The first-order valence-corrected chi connectivity index (χ1v) is 6.51. The number of hydrogen-bond acceptors (Lipinski definition) is 4. The van der Waals surface area contributed by atoms with Gasteiger partial charge in [0.15, 0.2) is 5.13 Å². The molecule has 0 aliphatic rings. The Hall–Kier alpha value is -2.07. The number of carbonyl (C=O) groups is 2. The van der Waals surface area contributed by atoms with Crippen LogP contribution in [0.3, 0.4) is 0 Å². The summed E-state index contributed by atoms with van der Waals surface area (Å²) in [5.74, 6) is 1.30. The first kappa shape index (κ1) is 15.0. The SMILES string of the molecule is C#CCC(NC(=O)Nc1nc(C(C)C)cs1)C(=O)O. The summed E-state index contributed by atoms with van der Waals surface area (Å²) in [6.45, 7) is 3.98. The van der Waals surface area contributed by atoms with Gasteiger partial charge in [-0.25, -0.2) is 14.6 Å². The zero-order valence-corrected chi connectivity index (χ0v) is 11.5. The molecule has 2 amide bonds. The van der Waals surface area contributed by atoms with Crippen LogP contribution in [-0.2, 0) is 4.79 Å². The second kappa shape index (κ2) is 6.75. The van der Waals surface area contributed by atoms with E-state index in [1.165, 1.54) is 11.3 Å². The second-order valence-electron chi connectivity index (χ2n) is 4.13. The number of nitrogens with one attached hydrogen (secondary N) is 2. The molecule has 1 aromatic rings. The zero-order chi connectivity index (χ0) is 14.4. The first-order valence-electron chi connectivity index (χ1n) is 5.63. The van der Waals surface area contributed by atoms with E-state index in [4.69, 9.17) is 11.5 Å². The summed E-state index contributed by atoms with van der Waals surface area (Å²) in [5.41, 5.74) is 0.874. The standard InChI is InChI=1S/C12H15N3O3S/c1-4-5-8(10(16)17)13-11(18)15-12-14-9(6-19-12)7(2)3/h1,6-8H,5H2,2-3H3,(H,16,17)(H2,13,14,15,18). The highest BCUT2D eigenvalue weighted by Gasteiger charge is 2.19. The van der Waals surface area contributed by atoms with Crippen LogP contribution >= 0.6 is 11.3 Å². The Bertz CT molecular complexity index is 505. The summed E-state index contributed by atoms with van der Waals surface area (Å²) in [7, 11) is 0. The van der Waals surface area contributed by atoms with Crippen LogP contribution < -0.4 is 10.6 Å². The number of carboxylic acids is 1. The van der Waals surface area contributed by atoms with Crippen LogP contribution in [0.2, 0.25) is 0 Å². The molecule has 3 N–H and O–H groups in total. The molecule has 19 heavy (non-hydrogen) atoms. The number of urea groups is 1. The van der Waals surface area contributed by atoms with Gasteiger partial charge in [-0.1, -0.05) is 13.8 Å². The monoisotopic (exact) mass is 281 g/mol. The van der Waals surface area contributed by atoms with Crippen molar-refractivity contribution in [3.8, 4) is 12.3 Å². The maximum atomic E-state index is 11.6. The van der Waals surface area contributed by atoms with E-state index in [2.05, 4.69) is 21.5 Å². The van der Waals surface area contributed by atoms with Crippen molar-refractivity contribution in [2.75, 3.05) is 5.32 Å². The number of aromatic nitrogens is 1. The van der Waals surface area contributed by atoms with Gasteiger partial charge in [-0.2, -0.15) is 0 Å². The Labute approximate surface area is 115 Å². The number of carboxylic acid groups (broad SMARTS) is 1. The maximum Gasteiger partial charge on any atom is 0.327 e. The predicted molar refractivity (Wildman–Crippen MR) is 73.2 cm³/mol. The molecule has 0 aliphatic heterocycles. The molecule has 1 unspecified atom stereocenters. The molecular weight excluding hydrogens is 266 g/mol. The third kappa shape index (κ3) is 4.60. The lowest BCUT2D eigenvalue weighted by Gasteiger charge is -2.11. The van der Waals surface area contributed by atoms with E-state index in [0.29, 0.717) is 5.13 Å². The van der Waals surface area contributed by atoms with Gasteiger partial charge in [0.2, 0.25) is 0 Å². The molecule has 0 saturated carbocycles. The minimum atomic E-state index is -1.17. The topological polar surface area (TPSA) is 91.3 Å². The molecule has 1 rings (SSSR count). The molecule has 0 aliphatic carbocycles.